The van der Waals surface area contributed by atoms with E-state index in [1.165, 1.54) is 6.92 Å². The number of hydrogen-bond acceptors (Lipinski definition) is 3. The van der Waals surface area contributed by atoms with Crippen molar-refractivity contribution < 1.29 is 9.53 Å². The molecule has 1 fully saturated rings. The quantitative estimate of drug-likeness (QED) is 0.524. The Bertz CT molecular complexity index is 208. The first kappa shape index (κ1) is 10.2. The van der Waals surface area contributed by atoms with E-state index in [-0.39, 0.29) is 5.91 Å². The van der Waals surface area contributed by atoms with Gasteiger partial charge in [0.05, 0.1) is 6.61 Å². The Balaban J connectivity index is 2.49. The van der Waals surface area contributed by atoms with Crippen LogP contribution in [0.5, 0.6) is 0 Å². The summed E-state index contributed by atoms with van der Waals surface area (Å²) in [5, 5.41) is 4.06. The summed E-state index contributed by atoms with van der Waals surface area (Å²) in [6.07, 6.45) is 1.89. The number of hydrazone groups is 1. The first-order chi connectivity index (χ1) is 6.24. The van der Waals surface area contributed by atoms with Crippen LogP contribution < -0.4 is 5.43 Å². The van der Waals surface area contributed by atoms with Gasteiger partial charge >= 0.3 is 0 Å². The molecule has 0 aliphatic carbocycles. The highest BCUT2D eigenvalue weighted by Gasteiger charge is 2.20. The second-order valence-electron chi connectivity index (χ2n) is 3.19. The van der Waals surface area contributed by atoms with Crippen molar-refractivity contribution in [1.82, 2.24) is 5.43 Å². The van der Waals surface area contributed by atoms with Gasteiger partial charge in [0.25, 0.3) is 0 Å². The SMILES string of the molecule is CC/C(=N\NC(C)=O)C1CCOC1. The third-order valence-corrected chi connectivity index (χ3v) is 2.12. The number of ether oxygens (including phenoxy) is 1. The van der Waals surface area contributed by atoms with Crippen LogP contribution in [0, 0.1) is 5.92 Å². The van der Waals surface area contributed by atoms with Crippen LogP contribution in [-0.2, 0) is 9.53 Å². The smallest absolute Gasteiger partial charge is 0.236 e. The Labute approximate surface area is 78.3 Å². The fraction of sp³-hybridized carbons (Fsp3) is 0.778. The van der Waals surface area contributed by atoms with Crippen molar-refractivity contribution in [2.75, 3.05) is 13.2 Å². The predicted molar refractivity (Wildman–Crippen MR) is 50.5 cm³/mol. The van der Waals surface area contributed by atoms with Crippen LogP contribution in [-0.4, -0.2) is 24.8 Å². The first-order valence-electron chi connectivity index (χ1n) is 4.64. The maximum absolute atomic E-state index is 10.6. The molecule has 1 aliphatic heterocycles. The summed E-state index contributed by atoms with van der Waals surface area (Å²) in [7, 11) is 0. The van der Waals surface area contributed by atoms with Crippen molar-refractivity contribution in [1.29, 1.82) is 0 Å². The first-order valence-corrected chi connectivity index (χ1v) is 4.64. The highest BCUT2D eigenvalue weighted by atomic mass is 16.5. The maximum Gasteiger partial charge on any atom is 0.236 e. The Hall–Kier alpha value is -0.900. The number of amides is 1. The van der Waals surface area contributed by atoms with Crippen LogP contribution >= 0.6 is 0 Å². The maximum atomic E-state index is 10.6. The summed E-state index contributed by atoms with van der Waals surface area (Å²) in [5.74, 6) is 0.279. The van der Waals surface area contributed by atoms with E-state index in [0.717, 1.165) is 31.8 Å². The third kappa shape index (κ3) is 3.14. The van der Waals surface area contributed by atoms with Gasteiger partial charge in [-0.3, -0.25) is 4.79 Å². The van der Waals surface area contributed by atoms with E-state index >= 15 is 0 Å². The molecule has 0 aromatic rings. The topological polar surface area (TPSA) is 50.7 Å². The third-order valence-electron chi connectivity index (χ3n) is 2.12. The summed E-state index contributed by atoms with van der Waals surface area (Å²) >= 11 is 0. The van der Waals surface area contributed by atoms with Gasteiger partial charge in [0.2, 0.25) is 5.91 Å². The van der Waals surface area contributed by atoms with E-state index in [1.54, 1.807) is 0 Å². The van der Waals surface area contributed by atoms with Gasteiger partial charge in [0.15, 0.2) is 0 Å². The Morgan fingerprint density at radius 3 is 2.92 bits per heavy atom. The van der Waals surface area contributed by atoms with Crippen molar-refractivity contribution >= 4 is 11.6 Å². The highest BCUT2D eigenvalue weighted by Crippen LogP contribution is 2.15. The minimum Gasteiger partial charge on any atom is -0.381 e. The van der Waals surface area contributed by atoms with Crippen molar-refractivity contribution in [3.63, 3.8) is 0 Å². The molecular formula is C9H16N2O2. The predicted octanol–water partition coefficient (Wildman–Crippen LogP) is 0.925. The Morgan fingerprint density at radius 1 is 1.69 bits per heavy atom. The van der Waals surface area contributed by atoms with E-state index in [4.69, 9.17) is 4.74 Å². The molecule has 1 amide bonds. The lowest BCUT2D eigenvalue weighted by Crippen LogP contribution is -2.21. The minimum atomic E-state index is -0.120. The average molecular weight is 184 g/mol. The lowest BCUT2D eigenvalue weighted by Gasteiger charge is -2.09. The molecule has 0 bridgehead atoms. The Morgan fingerprint density at radius 2 is 2.46 bits per heavy atom. The summed E-state index contributed by atoms with van der Waals surface area (Å²) in [6, 6.07) is 0. The van der Waals surface area contributed by atoms with Gasteiger partial charge in [-0.15, -0.1) is 0 Å². The molecule has 1 saturated heterocycles. The Kier molecular flexibility index (Phi) is 3.89. The van der Waals surface area contributed by atoms with Gasteiger partial charge < -0.3 is 4.74 Å². The van der Waals surface area contributed by atoms with E-state index < -0.39 is 0 Å². The number of nitrogens with one attached hydrogen (secondary N) is 1. The standard InChI is InChI=1S/C9H16N2O2/c1-3-9(11-10-7(2)12)8-4-5-13-6-8/h8H,3-6H2,1-2H3,(H,10,12)/b11-9+. The van der Waals surface area contributed by atoms with Crippen molar-refractivity contribution in [2.45, 2.75) is 26.7 Å². The van der Waals surface area contributed by atoms with Crippen LogP contribution in [0.25, 0.3) is 0 Å². The zero-order valence-electron chi connectivity index (χ0n) is 8.17. The van der Waals surface area contributed by atoms with E-state index in [0.29, 0.717) is 5.92 Å². The molecule has 0 saturated carbocycles. The van der Waals surface area contributed by atoms with E-state index in [2.05, 4.69) is 10.5 Å². The van der Waals surface area contributed by atoms with Crippen LogP contribution in [0.4, 0.5) is 0 Å². The molecule has 1 unspecified atom stereocenters. The van der Waals surface area contributed by atoms with Gasteiger partial charge in [0, 0.05) is 25.2 Å². The van der Waals surface area contributed by atoms with Crippen LogP contribution in [0.1, 0.15) is 26.7 Å². The normalized spacial score (nSPS) is 23.2. The molecule has 4 heteroatoms. The van der Waals surface area contributed by atoms with Crippen LogP contribution in [0.2, 0.25) is 0 Å². The van der Waals surface area contributed by atoms with Crippen LogP contribution in [0.3, 0.4) is 0 Å². The van der Waals surface area contributed by atoms with Gasteiger partial charge in [-0.25, -0.2) is 5.43 Å². The zero-order valence-corrected chi connectivity index (χ0v) is 8.17. The van der Waals surface area contributed by atoms with E-state index in [9.17, 15) is 4.79 Å². The summed E-state index contributed by atoms with van der Waals surface area (Å²) in [6.45, 7) is 5.05. The zero-order chi connectivity index (χ0) is 9.68. The van der Waals surface area contributed by atoms with Gasteiger partial charge in [-0.2, -0.15) is 5.10 Å². The molecule has 1 N–H and O–H groups in total. The second kappa shape index (κ2) is 4.97. The molecule has 13 heavy (non-hydrogen) atoms. The molecule has 4 nitrogen and oxygen atoms in total. The lowest BCUT2D eigenvalue weighted by molar-refractivity contribution is -0.118. The number of carbonyl (C=O) groups is 1. The number of hydrogen-bond donors (Lipinski definition) is 1. The van der Waals surface area contributed by atoms with Crippen LogP contribution in [0.15, 0.2) is 5.10 Å². The molecule has 0 radical (unpaired) electrons. The van der Waals surface area contributed by atoms with Crippen molar-refractivity contribution in [3.8, 4) is 0 Å². The molecule has 1 heterocycles. The molecule has 1 atom stereocenters. The molecule has 0 spiro atoms. The fourth-order valence-corrected chi connectivity index (χ4v) is 1.41. The summed E-state index contributed by atoms with van der Waals surface area (Å²) < 4.78 is 5.25. The molecule has 1 aliphatic rings. The summed E-state index contributed by atoms with van der Waals surface area (Å²) in [5.41, 5.74) is 3.50. The fourth-order valence-electron chi connectivity index (χ4n) is 1.41. The molecule has 74 valence electrons. The highest BCUT2D eigenvalue weighted by molar-refractivity contribution is 5.88. The van der Waals surface area contributed by atoms with Crippen molar-refractivity contribution in [3.05, 3.63) is 0 Å². The number of nitrogens with zero attached hydrogens (tertiary/aromatic N) is 1. The number of carbonyl (C=O) groups excluding carboxylic acids is 1. The van der Waals surface area contributed by atoms with Gasteiger partial charge in [0.1, 0.15) is 0 Å². The average Bonchev–Trinajstić information content (AvgIpc) is 2.58. The van der Waals surface area contributed by atoms with Gasteiger partial charge in [-0.05, 0) is 12.8 Å². The monoisotopic (exact) mass is 184 g/mol. The summed E-state index contributed by atoms with van der Waals surface area (Å²) in [4.78, 5) is 10.6. The van der Waals surface area contributed by atoms with Gasteiger partial charge in [-0.1, -0.05) is 6.92 Å². The lowest BCUT2D eigenvalue weighted by atomic mass is 10.0. The molecular weight excluding hydrogens is 168 g/mol. The molecule has 1 rings (SSSR count). The minimum absolute atomic E-state index is 0.120. The van der Waals surface area contributed by atoms with E-state index in [1.807, 2.05) is 6.92 Å². The second-order valence-corrected chi connectivity index (χ2v) is 3.19. The molecule has 0 aromatic heterocycles. The number of rotatable bonds is 3. The largest absolute Gasteiger partial charge is 0.381 e. The molecule has 0 aromatic carbocycles. The van der Waals surface area contributed by atoms with Crippen molar-refractivity contribution in [2.24, 2.45) is 11.0 Å².